The Balaban J connectivity index is 2.16. The maximum absolute atomic E-state index is 5.65. The van der Waals surface area contributed by atoms with E-state index in [1.807, 2.05) is 20.8 Å². The molecule has 0 unspecified atom stereocenters. The van der Waals surface area contributed by atoms with Crippen LogP contribution in [0.4, 0.5) is 0 Å². The Morgan fingerprint density at radius 3 is 2.58 bits per heavy atom. The molecule has 2 aliphatic heterocycles. The first-order valence-corrected chi connectivity index (χ1v) is 4.21. The monoisotopic (exact) mass is 170 g/mol. The van der Waals surface area contributed by atoms with Crippen LogP contribution in [-0.2, 0) is 14.2 Å². The van der Waals surface area contributed by atoms with Crippen LogP contribution in [0.1, 0.15) is 20.8 Å². The molecule has 0 N–H and O–H groups in total. The third kappa shape index (κ3) is 1.04. The Hall–Kier alpha value is -0.540. The lowest BCUT2D eigenvalue weighted by molar-refractivity contribution is -0.185. The summed E-state index contributed by atoms with van der Waals surface area (Å²) in [6.45, 7) is 9.61. The van der Waals surface area contributed by atoms with Gasteiger partial charge in [-0.1, -0.05) is 13.5 Å². The lowest BCUT2D eigenvalue weighted by Gasteiger charge is -2.19. The molecule has 0 bridgehead atoms. The highest BCUT2D eigenvalue weighted by Crippen LogP contribution is 2.41. The lowest BCUT2D eigenvalue weighted by atomic mass is 10.1. The molecular weight excluding hydrogens is 156 g/mol. The van der Waals surface area contributed by atoms with Gasteiger partial charge in [-0.15, -0.1) is 0 Å². The van der Waals surface area contributed by atoms with Crippen molar-refractivity contribution in [2.45, 2.75) is 39.0 Å². The van der Waals surface area contributed by atoms with Gasteiger partial charge in [-0.05, 0) is 13.8 Å². The van der Waals surface area contributed by atoms with Crippen molar-refractivity contribution >= 4 is 0 Å². The summed E-state index contributed by atoms with van der Waals surface area (Å²) in [7, 11) is 0. The summed E-state index contributed by atoms with van der Waals surface area (Å²) >= 11 is 0. The maximum Gasteiger partial charge on any atom is 0.229 e. The molecule has 0 aromatic carbocycles. The van der Waals surface area contributed by atoms with Gasteiger partial charge in [0.15, 0.2) is 5.79 Å². The van der Waals surface area contributed by atoms with Crippen molar-refractivity contribution in [1.29, 1.82) is 0 Å². The highest BCUT2D eigenvalue weighted by Gasteiger charge is 2.50. The van der Waals surface area contributed by atoms with Crippen LogP contribution in [0.2, 0.25) is 0 Å². The topological polar surface area (TPSA) is 27.7 Å². The first-order valence-electron chi connectivity index (χ1n) is 4.21. The van der Waals surface area contributed by atoms with Gasteiger partial charge in [-0.3, -0.25) is 0 Å². The average Bonchev–Trinajstić information content (AvgIpc) is 2.33. The first kappa shape index (κ1) is 8.08. The Morgan fingerprint density at radius 1 is 1.33 bits per heavy atom. The molecule has 0 spiro atoms. The zero-order valence-corrected chi connectivity index (χ0v) is 7.66. The molecule has 0 aliphatic carbocycles. The molecule has 2 saturated heterocycles. The van der Waals surface area contributed by atoms with E-state index in [1.54, 1.807) is 0 Å². The van der Waals surface area contributed by atoms with Crippen molar-refractivity contribution in [3.05, 3.63) is 12.3 Å². The summed E-state index contributed by atoms with van der Waals surface area (Å²) < 4.78 is 16.5. The summed E-state index contributed by atoms with van der Waals surface area (Å²) in [5, 5.41) is 0. The third-order valence-electron chi connectivity index (χ3n) is 2.36. The van der Waals surface area contributed by atoms with E-state index in [2.05, 4.69) is 6.58 Å². The minimum Gasteiger partial charge on any atom is -0.467 e. The average molecular weight is 170 g/mol. The molecule has 3 heteroatoms. The molecule has 2 fully saturated rings. The van der Waals surface area contributed by atoms with Crippen LogP contribution >= 0.6 is 0 Å². The standard InChI is InChI=1S/C9H14O3/c1-5-6(2)10-8-7(5)11-9(3,4)12-8/h5,7-8H,2H2,1,3-4H3/t5-,7+,8+/m0/s1. The van der Waals surface area contributed by atoms with Gasteiger partial charge in [0.1, 0.15) is 6.10 Å². The molecule has 0 amide bonds. The van der Waals surface area contributed by atoms with E-state index in [0.717, 1.165) is 5.76 Å². The number of ether oxygens (including phenoxy) is 3. The number of fused-ring (bicyclic) bond motifs is 1. The second-order valence-corrected chi connectivity index (χ2v) is 3.84. The fraction of sp³-hybridized carbons (Fsp3) is 0.778. The number of hydrogen-bond acceptors (Lipinski definition) is 3. The van der Waals surface area contributed by atoms with E-state index in [1.165, 1.54) is 0 Å². The molecule has 0 saturated carbocycles. The zero-order chi connectivity index (χ0) is 8.93. The molecule has 0 radical (unpaired) electrons. The molecule has 3 atom stereocenters. The molecule has 3 nitrogen and oxygen atoms in total. The SMILES string of the molecule is C=C1O[C@@H]2OC(C)(C)O[C@@H]2[C@H]1C. The van der Waals surface area contributed by atoms with Crippen LogP contribution in [0.3, 0.4) is 0 Å². The molecule has 68 valence electrons. The van der Waals surface area contributed by atoms with Gasteiger partial charge in [0.25, 0.3) is 0 Å². The van der Waals surface area contributed by atoms with Crippen LogP contribution in [-0.4, -0.2) is 18.2 Å². The zero-order valence-electron chi connectivity index (χ0n) is 7.66. The van der Waals surface area contributed by atoms with Crippen LogP contribution in [0.15, 0.2) is 12.3 Å². The summed E-state index contributed by atoms with van der Waals surface area (Å²) in [4.78, 5) is 0. The van der Waals surface area contributed by atoms with Gasteiger partial charge in [0, 0.05) is 5.92 Å². The molecule has 2 aliphatic rings. The van der Waals surface area contributed by atoms with Crippen LogP contribution in [0.5, 0.6) is 0 Å². The van der Waals surface area contributed by atoms with Gasteiger partial charge in [0.2, 0.25) is 6.29 Å². The van der Waals surface area contributed by atoms with E-state index < -0.39 is 5.79 Å². The molecule has 2 heterocycles. The van der Waals surface area contributed by atoms with Gasteiger partial charge < -0.3 is 14.2 Å². The summed E-state index contributed by atoms with van der Waals surface area (Å²) in [6, 6.07) is 0. The van der Waals surface area contributed by atoms with E-state index in [-0.39, 0.29) is 18.3 Å². The van der Waals surface area contributed by atoms with E-state index in [9.17, 15) is 0 Å². The van der Waals surface area contributed by atoms with Crippen molar-refractivity contribution in [2.24, 2.45) is 5.92 Å². The molecule has 0 aromatic rings. The fourth-order valence-electron chi connectivity index (χ4n) is 1.63. The van der Waals surface area contributed by atoms with Crippen LogP contribution < -0.4 is 0 Å². The van der Waals surface area contributed by atoms with Gasteiger partial charge >= 0.3 is 0 Å². The predicted octanol–water partition coefficient (Wildman–Crippen LogP) is 1.64. The second-order valence-electron chi connectivity index (χ2n) is 3.84. The Kier molecular flexibility index (Phi) is 1.50. The van der Waals surface area contributed by atoms with E-state index in [0.29, 0.717) is 0 Å². The van der Waals surface area contributed by atoms with Gasteiger partial charge in [-0.2, -0.15) is 0 Å². The minimum absolute atomic E-state index is 0.0208. The van der Waals surface area contributed by atoms with Crippen molar-refractivity contribution in [3.63, 3.8) is 0 Å². The summed E-state index contributed by atoms with van der Waals surface area (Å²) in [5.41, 5.74) is 0. The third-order valence-corrected chi connectivity index (χ3v) is 2.36. The first-order chi connectivity index (χ1) is 5.49. The molecule has 12 heavy (non-hydrogen) atoms. The number of hydrogen-bond donors (Lipinski definition) is 0. The van der Waals surface area contributed by atoms with Gasteiger partial charge in [-0.25, -0.2) is 0 Å². The van der Waals surface area contributed by atoms with Crippen molar-refractivity contribution in [3.8, 4) is 0 Å². The Bertz CT molecular complexity index is 222. The Labute approximate surface area is 72.3 Å². The predicted molar refractivity (Wildman–Crippen MR) is 43.2 cm³/mol. The summed E-state index contributed by atoms with van der Waals surface area (Å²) in [6.07, 6.45) is -0.227. The Morgan fingerprint density at radius 2 is 2.00 bits per heavy atom. The number of rotatable bonds is 0. The van der Waals surface area contributed by atoms with Crippen LogP contribution in [0.25, 0.3) is 0 Å². The highest BCUT2D eigenvalue weighted by molar-refractivity contribution is 5.03. The minimum atomic E-state index is -0.510. The van der Waals surface area contributed by atoms with E-state index >= 15 is 0 Å². The smallest absolute Gasteiger partial charge is 0.229 e. The van der Waals surface area contributed by atoms with E-state index in [4.69, 9.17) is 14.2 Å². The van der Waals surface area contributed by atoms with Crippen molar-refractivity contribution < 1.29 is 14.2 Å². The van der Waals surface area contributed by atoms with Crippen LogP contribution in [0, 0.1) is 5.92 Å². The molecular formula is C9H14O3. The van der Waals surface area contributed by atoms with Crippen molar-refractivity contribution in [1.82, 2.24) is 0 Å². The molecule has 0 aromatic heterocycles. The largest absolute Gasteiger partial charge is 0.467 e. The summed E-state index contributed by atoms with van der Waals surface area (Å²) in [5.74, 6) is 0.488. The quantitative estimate of drug-likeness (QED) is 0.553. The molecule has 2 rings (SSSR count). The van der Waals surface area contributed by atoms with Crippen molar-refractivity contribution in [2.75, 3.05) is 0 Å². The highest BCUT2D eigenvalue weighted by atomic mass is 16.8. The lowest BCUT2D eigenvalue weighted by Crippen LogP contribution is -2.24. The van der Waals surface area contributed by atoms with Gasteiger partial charge in [0.05, 0.1) is 5.76 Å². The second kappa shape index (κ2) is 2.24. The fourth-order valence-corrected chi connectivity index (χ4v) is 1.63. The maximum atomic E-state index is 5.65. The normalized spacial score (nSPS) is 44.2.